The number of carbonyl (C=O) groups is 1. The molecule has 0 aliphatic heterocycles. The first-order chi connectivity index (χ1) is 14.2. The lowest BCUT2D eigenvalue weighted by molar-refractivity contribution is 0.102. The molecule has 8 heteroatoms. The van der Waals surface area contributed by atoms with E-state index in [-0.39, 0.29) is 17.8 Å². The van der Waals surface area contributed by atoms with Gasteiger partial charge in [0.25, 0.3) is 11.8 Å². The van der Waals surface area contributed by atoms with Crippen molar-refractivity contribution in [3.8, 4) is 17.4 Å². The molecule has 0 fully saturated rings. The van der Waals surface area contributed by atoms with Crippen LogP contribution in [0.5, 0.6) is 5.75 Å². The highest BCUT2D eigenvalue weighted by Crippen LogP contribution is 2.33. The molecule has 1 N–H and O–H groups in total. The molecule has 2 aromatic heterocycles. The van der Waals surface area contributed by atoms with Gasteiger partial charge >= 0.3 is 6.01 Å². The van der Waals surface area contributed by atoms with Crippen molar-refractivity contribution in [2.24, 2.45) is 0 Å². The van der Waals surface area contributed by atoms with Crippen LogP contribution < -0.4 is 10.1 Å². The highest BCUT2D eigenvalue weighted by molar-refractivity contribution is 7.99. The first-order valence-electron chi connectivity index (χ1n) is 9.21. The van der Waals surface area contributed by atoms with Gasteiger partial charge in [-0.1, -0.05) is 30.2 Å². The van der Waals surface area contributed by atoms with Gasteiger partial charge in [0.05, 0.1) is 6.61 Å². The van der Waals surface area contributed by atoms with E-state index in [1.807, 2.05) is 43.3 Å². The molecule has 148 valence electrons. The number of fused-ring (bicyclic) bond motifs is 1. The van der Waals surface area contributed by atoms with Crippen molar-refractivity contribution in [3.05, 3.63) is 54.1 Å². The van der Waals surface area contributed by atoms with Crippen LogP contribution in [-0.2, 0) is 0 Å². The molecule has 0 aliphatic rings. The van der Waals surface area contributed by atoms with E-state index in [1.54, 1.807) is 23.9 Å². The maximum atomic E-state index is 12.5. The van der Waals surface area contributed by atoms with Crippen molar-refractivity contribution < 1.29 is 18.4 Å². The van der Waals surface area contributed by atoms with E-state index < -0.39 is 0 Å². The average Bonchev–Trinajstić information content (AvgIpc) is 3.36. The summed E-state index contributed by atoms with van der Waals surface area (Å²) in [7, 11) is 0. The number of ether oxygens (including phenoxy) is 1. The summed E-state index contributed by atoms with van der Waals surface area (Å²) in [5, 5.41) is 11.4. The molecule has 0 aliphatic carbocycles. The normalized spacial score (nSPS) is 11.0. The molecule has 0 unspecified atom stereocenters. The summed E-state index contributed by atoms with van der Waals surface area (Å²) in [6, 6.07) is 14.8. The number of benzene rings is 2. The van der Waals surface area contributed by atoms with Crippen LogP contribution in [0.4, 0.5) is 6.01 Å². The maximum absolute atomic E-state index is 12.5. The molecule has 0 saturated heterocycles. The van der Waals surface area contributed by atoms with E-state index in [9.17, 15) is 4.79 Å². The zero-order chi connectivity index (χ0) is 20.2. The smallest absolute Gasteiger partial charge is 0.322 e. The fraction of sp³-hybridized carbons (Fsp3) is 0.190. The second kappa shape index (κ2) is 8.40. The van der Waals surface area contributed by atoms with Crippen molar-refractivity contribution in [3.63, 3.8) is 0 Å². The second-order valence-electron chi connectivity index (χ2n) is 6.05. The number of hydrogen-bond acceptors (Lipinski definition) is 7. The van der Waals surface area contributed by atoms with Crippen molar-refractivity contribution >= 4 is 34.7 Å². The van der Waals surface area contributed by atoms with E-state index in [2.05, 4.69) is 22.4 Å². The first kappa shape index (κ1) is 19.1. The van der Waals surface area contributed by atoms with Gasteiger partial charge in [0, 0.05) is 15.8 Å². The van der Waals surface area contributed by atoms with E-state index in [0.29, 0.717) is 29.3 Å². The average molecular weight is 409 g/mol. The van der Waals surface area contributed by atoms with Gasteiger partial charge in [-0.2, -0.15) is 0 Å². The van der Waals surface area contributed by atoms with Gasteiger partial charge in [0.2, 0.25) is 0 Å². The molecule has 4 aromatic rings. The number of nitrogens with zero attached hydrogens (tertiary/aromatic N) is 2. The van der Waals surface area contributed by atoms with Gasteiger partial charge in [-0.05, 0) is 43.0 Å². The summed E-state index contributed by atoms with van der Waals surface area (Å²) in [5.41, 5.74) is 1.13. The highest BCUT2D eigenvalue weighted by atomic mass is 32.2. The van der Waals surface area contributed by atoms with Crippen molar-refractivity contribution in [2.75, 3.05) is 17.7 Å². The zero-order valence-corrected chi connectivity index (χ0v) is 16.8. The first-order valence-corrected chi connectivity index (χ1v) is 10.2. The number of amides is 1. The van der Waals surface area contributed by atoms with Gasteiger partial charge in [-0.3, -0.25) is 10.1 Å². The second-order valence-corrected chi connectivity index (χ2v) is 7.38. The van der Waals surface area contributed by atoms with Crippen LogP contribution in [0.25, 0.3) is 22.6 Å². The van der Waals surface area contributed by atoms with Gasteiger partial charge in [-0.15, -0.1) is 16.9 Å². The Morgan fingerprint density at radius 1 is 1.10 bits per heavy atom. The molecule has 2 heterocycles. The lowest BCUT2D eigenvalue weighted by Gasteiger charge is -2.03. The Morgan fingerprint density at radius 3 is 2.79 bits per heavy atom. The maximum Gasteiger partial charge on any atom is 0.322 e. The molecule has 29 heavy (non-hydrogen) atoms. The van der Waals surface area contributed by atoms with Gasteiger partial charge in [0.15, 0.2) is 17.1 Å². The fourth-order valence-corrected chi connectivity index (χ4v) is 3.57. The Kier molecular flexibility index (Phi) is 5.53. The number of aromatic nitrogens is 2. The largest absolute Gasteiger partial charge is 0.490 e. The van der Waals surface area contributed by atoms with Crippen LogP contribution in [0.15, 0.2) is 62.3 Å². The van der Waals surface area contributed by atoms with Crippen LogP contribution in [-0.4, -0.2) is 28.5 Å². The van der Waals surface area contributed by atoms with E-state index >= 15 is 0 Å². The molecule has 0 atom stereocenters. The molecule has 0 spiro atoms. The zero-order valence-electron chi connectivity index (χ0n) is 16.0. The van der Waals surface area contributed by atoms with Crippen molar-refractivity contribution in [2.45, 2.75) is 18.7 Å². The van der Waals surface area contributed by atoms with Gasteiger partial charge < -0.3 is 13.6 Å². The molecule has 0 saturated carbocycles. The third-order valence-corrected chi connectivity index (χ3v) is 4.95. The number of furan rings is 1. The molecule has 0 bridgehead atoms. The molecule has 7 nitrogen and oxygen atoms in total. The fourth-order valence-electron chi connectivity index (χ4n) is 2.85. The Morgan fingerprint density at radius 2 is 1.97 bits per heavy atom. The molecule has 1 amide bonds. The molecule has 0 radical (unpaired) electrons. The Labute approximate surface area is 171 Å². The lowest BCUT2D eigenvalue weighted by Crippen LogP contribution is -2.12. The van der Waals surface area contributed by atoms with Crippen molar-refractivity contribution in [1.29, 1.82) is 0 Å². The van der Waals surface area contributed by atoms with Crippen LogP contribution in [0.2, 0.25) is 0 Å². The number of nitrogens with one attached hydrogen (secondary N) is 1. The Bertz CT molecular complexity index is 1150. The number of hydrogen-bond donors (Lipinski definition) is 1. The summed E-state index contributed by atoms with van der Waals surface area (Å²) >= 11 is 1.67. The predicted octanol–water partition coefficient (Wildman–Crippen LogP) is 5.25. The standard InChI is InChI=1S/C21H19N3O4S/c1-3-26-16-10-6-7-13-12-17(27-18(13)16)20-23-24-21(28-20)22-19(25)14-8-5-9-15(11-14)29-4-2/h5-12H,3-4H2,1-2H3,(H,22,24,25). The number of carbonyl (C=O) groups excluding carboxylic acids is 1. The van der Waals surface area contributed by atoms with E-state index in [0.717, 1.165) is 16.0 Å². The number of anilines is 1. The summed E-state index contributed by atoms with van der Waals surface area (Å²) < 4.78 is 17.0. The predicted molar refractivity (Wildman–Crippen MR) is 111 cm³/mol. The summed E-state index contributed by atoms with van der Waals surface area (Å²) in [5.74, 6) is 1.84. The summed E-state index contributed by atoms with van der Waals surface area (Å²) in [6.07, 6.45) is 0. The van der Waals surface area contributed by atoms with Crippen LogP contribution in [0.3, 0.4) is 0 Å². The summed E-state index contributed by atoms with van der Waals surface area (Å²) in [6.45, 7) is 4.50. The Balaban J connectivity index is 1.54. The minimum absolute atomic E-state index is 0.00374. The molecule has 4 rings (SSSR count). The molecular formula is C21H19N3O4S. The van der Waals surface area contributed by atoms with Crippen LogP contribution >= 0.6 is 11.8 Å². The van der Waals surface area contributed by atoms with Crippen molar-refractivity contribution in [1.82, 2.24) is 10.2 Å². The number of rotatable bonds is 7. The number of para-hydroxylation sites is 1. The highest BCUT2D eigenvalue weighted by Gasteiger charge is 2.17. The third-order valence-electron chi connectivity index (χ3n) is 4.07. The van der Waals surface area contributed by atoms with E-state index in [4.69, 9.17) is 13.6 Å². The monoisotopic (exact) mass is 409 g/mol. The van der Waals surface area contributed by atoms with Crippen LogP contribution in [0.1, 0.15) is 24.2 Å². The van der Waals surface area contributed by atoms with Gasteiger partial charge in [-0.25, -0.2) is 0 Å². The topological polar surface area (TPSA) is 90.4 Å². The quantitative estimate of drug-likeness (QED) is 0.417. The summed E-state index contributed by atoms with van der Waals surface area (Å²) in [4.78, 5) is 13.5. The third kappa shape index (κ3) is 4.12. The van der Waals surface area contributed by atoms with Gasteiger partial charge in [0.1, 0.15) is 0 Å². The minimum atomic E-state index is -0.318. The minimum Gasteiger partial charge on any atom is -0.490 e. The lowest BCUT2D eigenvalue weighted by atomic mass is 10.2. The van der Waals surface area contributed by atoms with E-state index in [1.165, 1.54) is 0 Å². The SMILES string of the molecule is CCOc1cccc2cc(-c3nnc(NC(=O)c4cccc(SCC)c4)o3)oc12. The van der Waals surface area contributed by atoms with Crippen LogP contribution in [0, 0.1) is 0 Å². The number of thioether (sulfide) groups is 1. The molecular weight excluding hydrogens is 390 g/mol. The molecule has 2 aromatic carbocycles. The Hall–Kier alpha value is -3.26.